The Balaban J connectivity index is 1.88. The van der Waals surface area contributed by atoms with Gasteiger partial charge >= 0.3 is 6.09 Å². The molecule has 168 valence electrons. The maximum Gasteiger partial charge on any atom is 0.407 e. The van der Waals surface area contributed by atoms with Gasteiger partial charge in [-0.15, -0.1) is 0 Å². The summed E-state index contributed by atoms with van der Waals surface area (Å²) in [7, 11) is 1.28. The van der Waals surface area contributed by atoms with Gasteiger partial charge < -0.3 is 25.9 Å². The average molecular weight is 507 g/mol. The number of nitrogen functional groups attached to an aromatic ring is 1. The molecular formula is C20H20BrFN6O4. The molecule has 4 N–H and O–H groups in total. The maximum atomic E-state index is 14.2. The second-order valence-corrected chi connectivity index (χ2v) is 7.61. The van der Waals surface area contributed by atoms with Gasteiger partial charge in [-0.2, -0.15) is 5.06 Å². The van der Waals surface area contributed by atoms with Crippen molar-refractivity contribution in [1.29, 1.82) is 0 Å². The van der Waals surface area contributed by atoms with Crippen LogP contribution in [0.2, 0.25) is 0 Å². The zero-order chi connectivity index (χ0) is 23.4. The van der Waals surface area contributed by atoms with Crippen LogP contribution in [0.5, 0.6) is 5.75 Å². The molecule has 0 unspecified atom stereocenters. The molecule has 0 saturated heterocycles. The maximum absolute atomic E-state index is 14.2. The number of carboxylic acid groups (broad SMARTS) is 1. The van der Waals surface area contributed by atoms with Crippen LogP contribution in [0.25, 0.3) is 10.9 Å². The summed E-state index contributed by atoms with van der Waals surface area (Å²) in [5.41, 5.74) is 6.96. The van der Waals surface area contributed by atoms with Crippen molar-refractivity contribution in [2.24, 2.45) is 0 Å². The first-order valence-electron chi connectivity index (χ1n) is 9.38. The fourth-order valence-corrected chi connectivity index (χ4v) is 3.09. The molecule has 0 aliphatic rings. The normalized spacial score (nSPS) is 10.6. The largest absolute Gasteiger partial charge is 0.465 e. The second-order valence-electron chi connectivity index (χ2n) is 6.70. The van der Waals surface area contributed by atoms with Gasteiger partial charge in [-0.3, -0.25) is 4.79 Å². The van der Waals surface area contributed by atoms with Gasteiger partial charge in [0.2, 0.25) is 0 Å². The minimum Gasteiger partial charge on any atom is -0.465 e. The smallest absolute Gasteiger partial charge is 0.407 e. The summed E-state index contributed by atoms with van der Waals surface area (Å²) < 4.78 is 14.8. The quantitative estimate of drug-likeness (QED) is 0.326. The monoisotopic (exact) mass is 506 g/mol. The van der Waals surface area contributed by atoms with Crippen molar-refractivity contribution >= 4 is 56.0 Å². The van der Waals surface area contributed by atoms with E-state index in [-0.39, 0.29) is 30.2 Å². The molecule has 3 rings (SSSR count). The van der Waals surface area contributed by atoms with E-state index in [9.17, 15) is 14.0 Å². The molecule has 0 spiro atoms. The molecule has 0 aliphatic carbocycles. The summed E-state index contributed by atoms with van der Waals surface area (Å²) in [5, 5.41) is 13.4. The second kappa shape index (κ2) is 9.64. The van der Waals surface area contributed by atoms with Gasteiger partial charge in [0.05, 0.1) is 23.4 Å². The number of hydrogen-bond donors (Lipinski definition) is 3. The number of likely N-dealkylation sites (N-methyl/N-ethyl adjacent to an activating group) is 2. The van der Waals surface area contributed by atoms with Crippen LogP contribution in [0.1, 0.15) is 6.92 Å². The van der Waals surface area contributed by atoms with Gasteiger partial charge in [-0.25, -0.2) is 19.2 Å². The van der Waals surface area contributed by atoms with Crippen LogP contribution < -0.4 is 15.9 Å². The van der Waals surface area contributed by atoms with E-state index in [1.54, 1.807) is 25.1 Å². The van der Waals surface area contributed by atoms with Crippen LogP contribution in [0.15, 0.2) is 41.1 Å². The lowest BCUT2D eigenvalue weighted by Gasteiger charge is -2.23. The fourth-order valence-electron chi connectivity index (χ4n) is 2.76. The van der Waals surface area contributed by atoms with Crippen LogP contribution >= 0.6 is 15.9 Å². The van der Waals surface area contributed by atoms with Crippen molar-refractivity contribution in [3.8, 4) is 5.75 Å². The summed E-state index contributed by atoms with van der Waals surface area (Å²) >= 11 is 3.21. The van der Waals surface area contributed by atoms with Gasteiger partial charge in [0.1, 0.15) is 24.5 Å². The zero-order valence-electron chi connectivity index (χ0n) is 17.2. The third-order valence-corrected chi connectivity index (χ3v) is 4.92. The highest BCUT2D eigenvalue weighted by molar-refractivity contribution is 9.10. The van der Waals surface area contributed by atoms with Crippen molar-refractivity contribution in [3.63, 3.8) is 0 Å². The third-order valence-electron chi connectivity index (χ3n) is 4.42. The molecule has 3 aromatic rings. The number of nitrogens with one attached hydrogen (secondary N) is 1. The molecule has 0 aliphatic heterocycles. The van der Waals surface area contributed by atoms with E-state index in [0.717, 1.165) is 9.96 Å². The fraction of sp³-hybridized carbons (Fsp3) is 0.200. The first-order chi connectivity index (χ1) is 15.2. The topological polar surface area (TPSA) is 134 Å². The Morgan fingerprint density at radius 3 is 2.69 bits per heavy atom. The Labute approximate surface area is 190 Å². The van der Waals surface area contributed by atoms with Gasteiger partial charge in [-0.1, -0.05) is 15.9 Å². The van der Waals surface area contributed by atoms with Gasteiger partial charge in [-0.05, 0) is 31.2 Å². The minimum atomic E-state index is -1.24. The molecule has 10 nitrogen and oxygen atoms in total. The number of hydroxylamine groups is 2. The van der Waals surface area contributed by atoms with E-state index >= 15 is 0 Å². The van der Waals surface area contributed by atoms with E-state index in [2.05, 4.69) is 31.2 Å². The molecule has 0 radical (unpaired) electrons. The van der Waals surface area contributed by atoms with Crippen LogP contribution in [0, 0.1) is 5.82 Å². The van der Waals surface area contributed by atoms with Crippen LogP contribution in [0.4, 0.5) is 26.4 Å². The first kappa shape index (κ1) is 23.0. The predicted molar refractivity (Wildman–Crippen MR) is 120 cm³/mol. The predicted octanol–water partition coefficient (Wildman–Crippen LogP) is 3.61. The lowest BCUT2D eigenvalue weighted by Crippen LogP contribution is -2.42. The Morgan fingerprint density at radius 2 is 2.03 bits per heavy atom. The Morgan fingerprint density at radius 1 is 1.28 bits per heavy atom. The van der Waals surface area contributed by atoms with Crippen molar-refractivity contribution in [1.82, 2.24) is 19.9 Å². The summed E-state index contributed by atoms with van der Waals surface area (Å²) in [4.78, 5) is 38.1. The van der Waals surface area contributed by atoms with Crippen molar-refractivity contribution in [2.45, 2.75) is 6.92 Å². The summed E-state index contributed by atoms with van der Waals surface area (Å²) in [6, 6.07) is 7.64. The van der Waals surface area contributed by atoms with E-state index in [1.165, 1.54) is 25.5 Å². The highest BCUT2D eigenvalue weighted by atomic mass is 79.9. The number of carbonyl (C=O) groups excluding carboxylic acids is 1. The van der Waals surface area contributed by atoms with E-state index in [0.29, 0.717) is 21.2 Å². The molecular weight excluding hydrogens is 487 g/mol. The Kier molecular flexibility index (Phi) is 6.93. The van der Waals surface area contributed by atoms with Crippen molar-refractivity contribution in [3.05, 3.63) is 46.9 Å². The molecule has 0 bridgehead atoms. The number of rotatable bonds is 7. The molecule has 0 atom stereocenters. The summed E-state index contributed by atoms with van der Waals surface area (Å²) in [6.45, 7) is 1.45. The lowest BCUT2D eigenvalue weighted by atomic mass is 10.2. The summed E-state index contributed by atoms with van der Waals surface area (Å²) in [5.74, 6) is -0.540. The number of aromatic nitrogens is 2. The number of halogens is 2. The van der Waals surface area contributed by atoms with Gasteiger partial charge in [0.25, 0.3) is 5.91 Å². The Hall–Kier alpha value is -3.67. The van der Waals surface area contributed by atoms with Gasteiger partial charge in [0.15, 0.2) is 5.75 Å². The average Bonchev–Trinajstić information content (AvgIpc) is 2.74. The molecule has 12 heteroatoms. The number of anilines is 3. The van der Waals surface area contributed by atoms with E-state index < -0.39 is 17.8 Å². The number of benzene rings is 2. The lowest BCUT2D eigenvalue weighted by molar-refractivity contribution is -0.157. The molecule has 2 aromatic carbocycles. The zero-order valence-corrected chi connectivity index (χ0v) is 18.8. The highest BCUT2D eigenvalue weighted by Gasteiger charge is 2.20. The first-order valence-corrected chi connectivity index (χ1v) is 10.2. The SMILES string of the molecule is CCN(Oc1cc2ncnc(Nc3ccc(Br)cc3F)c2cc1N)C(=O)CN(C)C(=O)O. The molecule has 1 heterocycles. The number of hydrogen-bond acceptors (Lipinski definition) is 7. The molecule has 1 aromatic heterocycles. The number of nitrogens with zero attached hydrogens (tertiary/aromatic N) is 4. The van der Waals surface area contributed by atoms with Crippen LogP contribution in [0.3, 0.4) is 0 Å². The molecule has 0 fully saturated rings. The number of amides is 2. The standard InChI is InChI=1S/C20H20BrFN6O4/c1-3-28(18(29)9-27(2)20(30)31)32-17-8-16-12(7-14(17)23)19(25-10-24-16)26-15-5-4-11(21)6-13(15)22/h4-8,10H,3,9,23H2,1-2H3,(H,30,31)(H,24,25,26). The van der Waals surface area contributed by atoms with Gasteiger partial charge in [0, 0.05) is 23.0 Å². The summed E-state index contributed by atoms with van der Waals surface area (Å²) in [6.07, 6.45) is 0.0601. The molecule has 0 saturated carbocycles. The molecule has 32 heavy (non-hydrogen) atoms. The third kappa shape index (κ3) is 5.14. The molecule has 2 amide bonds. The number of nitrogens with two attached hydrogens (primary N) is 1. The Bertz CT molecular complexity index is 1180. The highest BCUT2D eigenvalue weighted by Crippen LogP contribution is 2.32. The number of fused-ring (bicyclic) bond motifs is 1. The van der Waals surface area contributed by atoms with Crippen molar-refractivity contribution < 1.29 is 23.9 Å². The van der Waals surface area contributed by atoms with E-state index in [4.69, 9.17) is 15.7 Å². The van der Waals surface area contributed by atoms with Crippen molar-refractivity contribution in [2.75, 3.05) is 31.2 Å². The van der Waals surface area contributed by atoms with Crippen LogP contribution in [-0.4, -0.2) is 57.2 Å². The minimum absolute atomic E-state index is 0.156. The van der Waals surface area contributed by atoms with E-state index in [1.807, 2.05) is 0 Å². The van der Waals surface area contributed by atoms with Crippen LogP contribution in [-0.2, 0) is 4.79 Å². The number of carbonyl (C=O) groups is 2.